The highest BCUT2D eigenvalue weighted by molar-refractivity contribution is 5.97. The predicted molar refractivity (Wildman–Crippen MR) is 98.9 cm³/mol. The summed E-state index contributed by atoms with van der Waals surface area (Å²) >= 11 is 0. The molecule has 2 N–H and O–H groups in total. The number of rotatable bonds is 5. The van der Waals surface area contributed by atoms with Gasteiger partial charge in [0.15, 0.2) is 0 Å². The van der Waals surface area contributed by atoms with Crippen LogP contribution in [0.15, 0.2) is 54.6 Å². The summed E-state index contributed by atoms with van der Waals surface area (Å²) in [7, 11) is 0. The van der Waals surface area contributed by atoms with Crippen molar-refractivity contribution in [1.29, 1.82) is 0 Å². The first kappa shape index (κ1) is 19.8. The van der Waals surface area contributed by atoms with E-state index in [0.29, 0.717) is 13.1 Å². The normalized spacial score (nSPS) is 15.4. The summed E-state index contributed by atoms with van der Waals surface area (Å²) < 4.78 is 29.6. The molecule has 28 heavy (non-hydrogen) atoms. The van der Waals surface area contributed by atoms with Crippen molar-refractivity contribution in [2.24, 2.45) is 5.73 Å². The van der Waals surface area contributed by atoms with Crippen LogP contribution in [0.25, 0.3) is 0 Å². The van der Waals surface area contributed by atoms with Gasteiger partial charge in [-0.05, 0) is 17.7 Å². The van der Waals surface area contributed by atoms with Crippen molar-refractivity contribution >= 4 is 11.8 Å². The minimum Gasteiger partial charge on any atom is -0.434 e. The molecule has 1 fully saturated rings. The van der Waals surface area contributed by atoms with Crippen molar-refractivity contribution in [1.82, 2.24) is 9.80 Å². The maximum absolute atomic E-state index is 12.7. The number of carbonyl (C=O) groups is 2. The molecule has 0 bridgehead atoms. The van der Waals surface area contributed by atoms with E-state index >= 15 is 0 Å². The van der Waals surface area contributed by atoms with Crippen LogP contribution in [0.1, 0.15) is 22.0 Å². The number of ether oxygens (including phenoxy) is 1. The molecular weight excluding hydrogens is 368 g/mol. The van der Waals surface area contributed by atoms with Gasteiger partial charge in [0.25, 0.3) is 5.91 Å². The van der Waals surface area contributed by atoms with Crippen molar-refractivity contribution in [3.8, 4) is 5.75 Å². The van der Waals surface area contributed by atoms with Gasteiger partial charge in [-0.3, -0.25) is 9.59 Å². The molecule has 1 aliphatic heterocycles. The molecule has 0 radical (unpaired) electrons. The molecule has 1 aliphatic rings. The molecule has 0 aliphatic carbocycles. The molecule has 1 unspecified atom stereocenters. The lowest BCUT2D eigenvalue weighted by Crippen LogP contribution is -2.52. The second-order valence-corrected chi connectivity index (χ2v) is 6.38. The lowest BCUT2D eigenvalue weighted by Gasteiger charge is -2.36. The molecular formula is C20H21F2N3O3. The Morgan fingerprint density at radius 1 is 0.893 bits per heavy atom. The minimum atomic E-state index is -3.01. The maximum atomic E-state index is 12.7. The Labute approximate surface area is 161 Å². The Balaban J connectivity index is 1.62. The fourth-order valence-electron chi connectivity index (χ4n) is 3.14. The van der Waals surface area contributed by atoms with E-state index in [1.54, 1.807) is 23.1 Å². The fraction of sp³-hybridized carbons (Fsp3) is 0.300. The summed E-state index contributed by atoms with van der Waals surface area (Å²) in [6, 6.07) is 14.2. The van der Waals surface area contributed by atoms with Gasteiger partial charge in [-0.25, -0.2) is 0 Å². The van der Waals surface area contributed by atoms with Crippen LogP contribution in [-0.2, 0) is 4.79 Å². The number of hydrogen-bond acceptors (Lipinski definition) is 4. The van der Waals surface area contributed by atoms with E-state index in [-0.39, 0.29) is 30.3 Å². The van der Waals surface area contributed by atoms with Gasteiger partial charge in [0.05, 0.1) is 5.56 Å². The van der Waals surface area contributed by atoms with Crippen LogP contribution in [0.5, 0.6) is 5.75 Å². The first-order valence-electron chi connectivity index (χ1n) is 8.90. The van der Waals surface area contributed by atoms with Crippen molar-refractivity contribution < 1.29 is 23.1 Å². The number of nitrogens with zero attached hydrogens (tertiary/aromatic N) is 2. The number of amides is 2. The molecule has 8 heteroatoms. The van der Waals surface area contributed by atoms with Gasteiger partial charge in [0.1, 0.15) is 11.8 Å². The van der Waals surface area contributed by atoms with Crippen LogP contribution in [0.3, 0.4) is 0 Å². The average molecular weight is 389 g/mol. The fourth-order valence-corrected chi connectivity index (χ4v) is 3.14. The lowest BCUT2D eigenvalue weighted by molar-refractivity contribution is -0.134. The second kappa shape index (κ2) is 8.79. The number of carbonyl (C=O) groups excluding carboxylic acids is 2. The summed E-state index contributed by atoms with van der Waals surface area (Å²) in [6.07, 6.45) is 0. The van der Waals surface area contributed by atoms with Gasteiger partial charge >= 0.3 is 6.61 Å². The van der Waals surface area contributed by atoms with E-state index in [4.69, 9.17) is 5.73 Å². The molecule has 2 aromatic carbocycles. The third kappa shape index (κ3) is 4.45. The molecule has 148 valence electrons. The van der Waals surface area contributed by atoms with E-state index in [0.717, 1.165) is 5.56 Å². The maximum Gasteiger partial charge on any atom is 0.387 e. The summed E-state index contributed by atoms with van der Waals surface area (Å²) in [4.78, 5) is 28.5. The van der Waals surface area contributed by atoms with E-state index in [1.807, 2.05) is 18.2 Å². The molecule has 0 aromatic heterocycles. The smallest absolute Gasteiger partial charge is 0.387 e. The highest BCUT2D eigenvalue weighted by atomic mass is 19.3. The van der Waals surface area contributed by atoms with Crippen molar-refractivity contribution in [2.45, 2.75) is 12.7 Å². The monoisotopic (exact) mass is 389 g/mol. The van der Waals surface area contributed by atoms with Gasteiger partial charge in [0.2, 0.25) is 5.91 Å². The SMILES string of the molecule is NC(C(=O)N1CCN(C(=O)c2ccccc2OC(F)F)CC1)c1ccccc1. The second-order valence-electron chi connectivity index (χ2n) is 6.38. The number of alkyl halides is 2. The quantitative estimate of drug-likeness (QED) is 0.851. The highest BCUT2D eigenvalue weighted by Crippen LogP contribution is 2.23. The third-order valence-corrected chi connectivity index (χ3v) is 4.64. The molecule has 3 rings (SSSR count). The average Bonchev–Trinajstić information content (AvgIpc) is 2.73. The zero-order valence-corrected chi connectivity index (χ0v) is 15.1. The molecule has 1 heterocycles. The first-order chi connectivity index (χ1) is 13.5. The van der Waals surface area contributed by atoms with Crippen LogP contribution < -0.4 is 10.5 Å². The molecule has 1 saturated heterocycles. The molecule has 2 amide bonds. The van der Waals surface area contributed by atoms with E-state index in [1.165, 1.54) is 23.1 Å². The number of para-hydroxylation sites is 1. The van der Waals surface area contributed by atoms with Gasteiger partial charge < -0.3 is 20.3 Å². The number of nitrogens with two attached hydrogens (primary N) is 1. The standard InChI is InChI=1S/C20H21F2N3O3/c21-20(22)28-16-9-5-4-8-15(16)18(26)24-10-12-25(13-11-24)19(27)17(23)14-6-2-1-3-7-14/h1-9,17,20H,10-13,23H2. The van der Waals surface area contributed by atoms with Crippen LogP contribution >= 0.6 is 0 Å². The third-order valence-electron chi connectivity index (χ3n) is 4.64. The lowest BCUT2D eigenvalue weighted by atomic mass is 10.1. The Morgan fingerprint density at radius 2 is 1.46 bits per heavy atom. The molecule has 1 atom stereocenters. The molecule has 6 nitrogen and oxygen atoms in total. The van der Waals surface area contributed by atoms with Gasteiger partial charge in [-0.1, -0.05) is 42.5 Å². The molecule has 2 aromatic rings. The van der Waals surface area contributed by atoms with Crippen LogP contribution in [0, 0.1) is 0 Å². The van der Waals surface area contributed by atoms with E-state index in [2.05, 4.69) is 4.74 Å². The number of benzene rings is 2. The van der Waals surface area contributed by atoms with Crippen molar-refractivity contribution in [3.63, 3.8) is 0 Å². The topological polar surface area (TPSA) is 75.9 Å². The van der Waals surface area contributed by atoms with Crippen molar-refractivity contribution in [3.05, 3.63) is 65.7 Å². The van der Waals surface area contributed by atoms with Gasteiger partial charge in [-0.2, -0.15) is 8.78 Å². The highest BCUT2D eigenvalue weighted by Gasteiger charge is 2.29. The summed E-state index contributed by atoms with van der Waals surface area (Å²) in [5, 5.41) is 0. The summed E-state index contributed by atoms with van der Waals surface area (Å²) in [5.74, 6) is -0.775. The Bertz CT molecular complexity index is 824. The van der Waals surface area contributed by atoms with Crippen LogP contribution in [-0.4, -0.2) is 54.4 Å². The Morgan fingerprint density at radius 3 is 2.11 bits per heavy atom. The Hall–Kier alpha value is -3.00. The number of hydrogen-bond donors (Lipinski definition) is 1. The Kier molecular flexibility index (Phi) is 6.20. The zero-order valence-electron chi connectivity index (χ0n) is 15.1. The number of halogens is 2. The molecule has 0 spiro atoms. The molecule has 0 saturated carbocycles. The van der Waals surface area contributed by atoms with E-state index < -0.39 is 18.6 Å². The summed E-state index contributed by atoms with van der Waals surface area (Å²) in [6.45, 7) is -1.79. The van der Waals surface area contributed by atoms with Gasteiger partial charge in [0, 0.05) is 26.2 Å². The first-order valence-corrected chi connectivity index (χ1v) is 8.90. The largest absolute Gasteiger partial charge is 0.434 e. The number of piperazine rings is 1. The van der Waals surface area contributed by atoms with Gasteiger partial charge in [-0.15, -0.1) is 0 Å². The minimum absolute atomic E-state index is 0.0727. The van der Waals surface area contributed by atoms with E-state index in [9.17, 15) is 18.4 Å². The zero-order chi connectivity index (χ0) is 20.1. The van der Waals surface area contributed by atoms with Crippen LogP contribution in [0.4, 0.5) is 8.78 Å². The van der Waals surface area contributed by atoms with Crippen molar-refractivity contribution in [2.75, 3.05) is 26.2 Å². The van der Waals surface area contributed by atoms with Crippen LogP contribution in [0.2, 0.25) is 0 Å². The summed E-state index contributed by atoms with van der Waals surface area (Å²) in [5.41, 5.74) is 6.86. The predicted octanol–water partition coefficient (Wildman–Crippen LogP) is 2.27.